The van der Waals surface area contributed by atoms with E-state index in [0.717, 1.165) is 12.0 Å². The molecule has 1 heteroatoms. The summed E-state index contributed by atoms with van der Waals surface area (Å²) in [7, 11) is 0. The predicted molar refractivity (Wildman–Crippen MR) is 57.6 cm³/mol. The molecule has 0 aromatic carbocycles. The molecule has 0 saturated carbocycles. The van der Waals surface area contributed by atoms with Gasteiger partial charge in [0.2, 0.25) is 0 Å². The smallest absolute Gasteiger partial charge is 0.135 e. The predicted octanol–water partition coefficient (Wildman–Crippen LogP) is 3.29. The van der Waals surface area contributed by atoms with Crippen molar-refractivity contribution in [2.75, 3.05) is 0 Å². The quantitative estimate of drug-likeness (QED) is 0.590. The minimum absolute atomic E-state index is 0.198. The molecule has 1 nitrogen and oxygen atoms in total. The summed E-state index contributed by atoms with van der Waals surface area (Å²) in [6, 6.07) is 0. The van der Waals surface area contributed by atoms with E-state index in [2.05, 4.69) is 13.2 Å². The van der Waals surface area contributed by atoms with Crippen LogP contribution in [0.2, 0.25) is 0 Å². The molecule has 0 aliphatic carbocycles. The highest BCUT2D eigenvalue weighted by molar-refractivity contribution is 5.81. The van der Waals surface area contributed by atoms with Gasteiger partial charge in [0.15, 0.2) is 0 Å². The molecule has 0 bridgehead atoms. The number of hydrogen-bond donors (Lipinski definition) is 0. The first-order valence-electron chi connectivity index (χ1n) is 4.39. The minimum Gasteiger partial charge on any atom is -0.299 e. The Hall–Kier alpha value is -1.11. The fourth-order valence-corrected chi connectivity index (χ4v) is 0.985. The molecule has 0 atom stereocenters. The van der Waals surface area contributed by atoms with Gasteiger partial charge < -0.3 is 0 Å². The van der Waals surface area contributed by atoms with Crippen molar-refractivity contribution in [1.82, 2.24) is 0 Å². The van der Waals surface area contributed by atoms with Crippen molar-refractivity contribution in [2.24, 2.45) is 5.41 Å². The Morgan fingerprint density at radius 2 is 1.92 bits per heavy atom. The highest BCUT2D eigenvalue weighted by Gasteiger charge is 2.23. The maximum Gasteiger partial charge on any atom is 0.135 e. The highest BCUT2D eigenvalue weighted by Crippen LogP contribution is 2.26. The molecular formula is C12H18O. The lowest BCUT2D eigenvalue weighted by atomic mass is 9.82. The summed E-state index contributed by atoms with van der Waals surface area (Å²) in [4.78, 5) is 11.2. The van der Waals surface area contributed by atoms with Gasteiger partial charge in [0.1, 0.15) is 5.78 Å². The Morgan fingerprint density at radius 1 is 1.38 bits per heavy atom. The molecule has 0 rings (SSSR count). The molecular weight excluding hydrogens is 160 g/mol. The number of allylic oxidation sites excluding steroid dienone is 4. The summed E-state index contributed by atoms with van der Waals surface area (Å²) >= 11 is 0. The Labute approximate surface area is 80.8 Å². The molecule has 0 saturated heterocycles. The Bertz CT molecular complexity index is 244. The first-order chi connectivity index (χ1) is 5.94. The van der Waals surface area contributed by atoms with Gasteiger partial charge in [0.25, 0.3) is 0 Å². The van der Waals surface area contributed by atoms with Crippen molar-refractivity contribution < 1.29 is 4.79 Å². The Morgan fingerprint density at radius 3 is 2.23 bits per heavy atom. The van der Waals surface area contributed by atoms with Crippen LogP contribution in [0.5, 0.6) is 0 Å². The van der Waals surface area contributed by atoms with Gasteiger partial charge in [-0.15, -0.1) is 0 Å². The van der Waals surface area contributed by atoms with E-state index >= 15 is 0 Å². The lowest BCUT2D eigenvalue weighted by Gasteiger charge is -2.21. The fraction of sp³-hybridized carbons (Fsp3) is 0.417. The van der Waals surface area contributed by atoms with Crippen molar-refractivity contribution in [1.29, 1.82) is 0 Å². The van der Waals surface area contributed by atoms with E-state index in [0.29, 0.717) is 0 Å². The molecule has 0 radical (unpaired) electrons. The van der Waals surface area contributed by atoms with Gasteiger partial charge in [-0.05, 0) is 18.9 Å². The van der Waals surface area contributed by atoms with Crippen molar-refractivity contribution in [3.63, 3.8) is 0 Å². The molecule has 0 unspecified atom stereocenters. The van der Waals surface area contributed by atoms with Crippen LogP contribution in [0.1, 0.15) is 27.2 Å². The Balaban J connectivity index is 4.57. The summed E-state index contributed by atoms with van der Waals surface area (Å²) in [5, 5.41) is 0. The lowest BCUT2D eigenvalue weighted by Crippen LogP contribution is -2.21. The van der Waals surface area contributed by atoms with Gasteiger partial charge in [-0.3, -0.25) is 4.79 Å². The zero-order valence-corrected chi connectivity index (χ0v) is 8.76. The van der Waals surface area contributed by atoms with Crippen LogP contribution in [-0.4, -0.2) is 5.78 Å². The fourth-order valence-electron chi connectivity index (χ4n) is 0.985. The topological polar surface area (TPSA) is 17.1 Å². The Kier molecular flexibility index (Phi) is 4.39. The van der Waals surface area contributed by atoms with E-state index in [-0.39, 0.29) is 11.2 Å². The molecule has 0 fully saturated rings. The van der Waals surface area contributed by atoms with E-state index in [4.69, 9.17) is 0 Å². The van der Waals surface area contributed by atoms with E-state index in [1.165, 1.54) is 0 Å². The molecule has 13 heavy (non-hydrogen) atoms. The van der Waals surface area contributed by atoms with Crippen molar-refractivity contribution >= 4 is 5.78 Å². The van der Waals surface area contributed by atoms with Gasteiger partial charge in [-0.2, -0.15) is 0 Å². The third kappa shape index (κ3) is 3.88. The van der Waals surface area contributed by atoms with Crippen molar-refractivity contribution in [3.8, 4) is 0 Å². The van der Waals surface area contributed by atoms with Crippen molar-refractivity contribution in [2.45, 2.75) is 27.2 Å². The van der Waals surface area contributed by atoms with Crippen LogP contribution in [0.25, 0.3) is 0 Å². The molecule has 72 valence electrons. The molecule has 0 aliphatic heterocycles. The zero-order chi connectivity index (χ0) is 10.5. The average molecular weight is 178 g/mol. The lowest BCUT2D eigenvalue weighted by molar-refractivity contribution is -0.124. The largest absolute Gasteiger partial charge is 0.299 e. The second kappa shape index (κ2) is 4.80. The summed E-state index contributed by atoms with van der Waals surface area (Å²) in [6.45, 7) is 12.8. The maximum absolute atomic E-state index is 11.2. The van der Waals surface area contributed by atoms with Gasteiger partial charge in [0, 0.05) is 5.41 Å². The monoisotopic (exact) mass is 178 g/mol. The summed E-state index contributed by atoms with van der Waals surface area (Å²) < 4.78 is 0. The third-order valence-electron chi connectivity index (χ3n) is 2.19. The van der Waals surface area contributed by atoms with Crippen LogP contribution in [0.3, 0.4) is 0 Å². The normalized spacial score (nSPS) is 12.4. The number of carbonyl (C=O) groups excluding carboxylic acids is 1. The van der Waals surface area contributed by atoms with Crippen LogP contribution in [0, 0.1) is 5.41 Å². The summed E-state index contributed by atoms with van der Waals surface area (Å²) in [5.41, 5.74) is 0.749. The minimum atomic E-state index is -0.303. The van der Waals surface area contributed by atoms with Gasteiger partial charge >= 0.3 is 0 Å². The van der Waals surface area contributed by atoms with E-state index < -0.39 is 0 Å². The standard InChI is InChI=1S/C12H18O/c1-6-8-11(7-2)9-12(4,5)10(3)13/h6-8H,1-2,9H2,3-5H3/b11-8+. The van der Waals surface area contributed by atoms with Crippen LogP contribution < -0.4 is 0 Å². The zero-order valence-electron chi connectivity index (χ0n) is 8.76. The van der Waals surface area contributed by atoms with E-state index in [1.807, 2.05) is 19.9 Å². The van der Waals surface area contributed by atoms with Crippen LogP contribution in [0.15, 0.2) is 37.0 Å². The first kappa shape index (κ1) is 11.9. The second-order valence-corrected chi connectivity index (χ2v) is 3.80. The van der Waals surface area contributed by atoms with E-state index in [9.17, 15) is 4.79 Å². The molecule has 0 heterocycles. The van der Waals surface area contributed by atoms with Crippen LogP contribution in [0.4, 0.5) is 0 Å². The number of carbonyl (C=O) groups is 1. The van der Waals surface area contributed by atoms with Gasteiger partial charge in [-0.1, -0.05) is 45.2 Å². The van der Waals surface area contributed by atoms with Gasteiger partial charge in [-0.25, -0.2) is 0 Å². The number of ketones is 1. The first-order valence-corrected chi connectivity index (χ1v) is 4.39. The second-order valence-electron chi connectivity index (χ2n) is 3.80. The number of Topliss-reactive ketones (excluding diaryl/α,β-unsaturated/α-hetero) is 1. The molecule has 0 spiro atoms. The van der Waals surface area contributed by atoms with Crippen LogP contribution in [-0.2, 0) is 4.79 Å². The molecule has 0 aromatic heterocycles. The average Bonchev–Trinajstić information content (AvgIpc) is 2.03. The summed E-state index contributed by atoms with van der Waals surface area (Å²) in [5.74, 6) is 0.198. The molecule has 0 N–H and O–H groups in total. The maximum atomic E-state index is 11.2. The highest BCUT2D eigenvalue weighted by atomic mass is 16.1. The van der Waals surface area contributed by atoms with Crippen LogP contribution >= 0.6 is 0 Å². The third-order valence-corrected chi connectivity index (χ3v) is 2.19. The molecule has 0 amide bonds. The molecule has 0 aliphatic rings. The summed E-state index contributed by atoms with van der Waals surface area (Å²) in [6.07, 6.45) is 6.09. The SMILES string of the molecule is C=C/C=C(\C=C)CC(C)(C)C(C)=O. The molecule has 0 aromatic rings. The number of rotatable bonds is 5. The van der Waals surface area contributed by atoms with Gasteiger partial charge in [0.05, 0.1) is 0 Å². The van der Waals surface area contributed by atoms with E-state index in [1.54, 1.807) is 19.1 Å². The number of hydrogen-bond acceptors (Lipinski definition) is 1. The van der Waals surface area contributed by atoms with Crippen molar-refractivity contribution in [3.05, 3.63) is 37.0 Å².